The Kier molecular flexibility index (Phi) is 3.42. The minimum Gasteiger partial charge on any atom is -0.388 e. The molecule has 3 aromatic rings. The summed E-state index contributed by atoms with van der Waals surface area (Å²) in [6.07, 6.45) is 1.63. The number of aliphatic hydroxyl groups excluding tert-OH is 1. The highest BCUT2D eigenvalue weighted by molar-refractivity contribution is 5.89. The molecule has 4 nitrogen and oxygen atoms in total. The van der Waals surface area contributed by atoms with Gasteiger partial charge in [-0.25, -0.2) is 14.4 Å². The van der Waals surface area contributed by atoms with Gasteiger partial charge in [0.2, 0.25) is 0 Å². The number of hydrogen-bond acceptors (Lipinski definition) is 4. The fourth-order valence-electron chi connectivity index (χ4n) is 3.17. The maximum absolute atomic E-state index is 13.7. The van der Waals surface area contributed by atoms with Crippen molar-refractivity contribution >= 4 is 16.7 Å². The van der Waals surface area contributed by atoms with E-state index in [9.17, 15) is 9.50 Å². The van der Waals surface area contributed by atoms with E-state index in [-0.39, 0.29) is 5.82 Å². The normalized spacial score (nSPS) is 17.8. The molecular weight excluding hydrogens is 293 g/mol. The summed E-state index contributed by atoms with van der Waals surface area (Å²) in [5.41, 5.74) is 2.75. The van der Waals surface area contributed by atoms with E-state index in [1.54, 1.807) is 6.07 Å². The Bertz CT molecular complexity index is 868. The lowest BCUT2D eigenvalue weighted by Gasteiger charge is -2.23. The highest BCUT2D eigenvalue weighted by Gasteiger charge is 2.22. The Morgan fingerprint density at radius 1 is 1.13 bits per heavy atom. The predicted molar refractivity (Wildman–Crippen MR) is 86.6 cm³/mol. The van der Waals surface area contributed by atoms with E-state index in [0.717, 1.165) is 16.6 Å². The van der Waals surface area contributed by atoms with Gasteiger partial charge < -0.3 is 10.0 Å². The van der Waals surface area contributed by atoms with Crippen molar-refractivity contribution < 1.29 is 9.50 Å². The predicted octanol–water partition coefficient (Wildman–Crippen LogP) is 3.21. The molecule has 2 heterocycles. The Morgan fingerprint density at radius 2 is 2.00 bits per heavy atom. The second kappa shape index (κ2) is 5.59. The minimum atomic E-state index is -0.485. The number of halogens is 1. The zero-order chi connectivity index (χ0) is 15.8. The molecule has 0 unspecified atom stereocenters. The number of aromatic nitrogens is 2. The molecule has 0 spiro atoms. The van der Waals surface area contributed by atoms with Crippen LogP contribution in [-0.2, 0) is 6.54 Å². The van der Waals surface area contributed by atoms with Crippen LogP contribution in [0, 0.1) is 5.82 Å². The summed E-state index contributed by atoms with van der Waals surface area (Å²) in [7, 11) is 0. The standard InChI is InChI=1S/C18H16FN3O/c19-13-5-6-16-15(9-13)18(21-11-20-16)22-8-7-17(23)14-4-2-1-3-12(14)10-22/h1-6,9,11,17,23H,7-8,10H2/t17-/m1/s1. The summed E-state index contributed by atoms with van der Waals surface area (Å²) in [5, 5.41) is 11.0. The molecule has 5 heteroatoms. The molecule has 23 heavy (non-hydrogen) atoms. The fraction of sp³-hybridized carbons (Fsp3) is 0.222. The number of hydrogen-bond donors (Lipinski definition) is 1. The largest absolute Gasteiger partial charge is 0.388 e. The summed E-state index contributed by atoms with van der Waals surface area (Å²) in [6.45, 7) is 1.29. The number of nitrogens with zero attached hydrogens (tertiary/aromatic N) is 3. The Morgan fingerprint density at radius 3 is 2.91 bits per heavy atom. The van der Waals surface area contributed by atoms with Crippen molar-refractivity contribution in [1.29, 1.82) is 0 Å². The summed E-state index contributed by atoms with van der Waals surface area (Å²) < 4.78 is 13.7. The number of anilines is 1. The van der Waals surface area contributed by atoms with Gasteiger partial charge in [-0.1, -0.05) is 24.3 Å². The molecule has 116 valence electrons. The van der Waals surface area contributed by atoms with Crippen LogP contribution in [0.1, 0.15) is 23.7 Å². The highest BCUT2D eigenvalue weighted by Crippen LogP contribution is 2.31. The van der Waals surface area contributed by atoms with E-state index < -0.39 is 6.10 Å². The van der Waals surface area contributed by atoms with Gasteiger partial charge in [-0.3, -0.25) is 0 Å². The van der Waals surface area contributed by atoms with Gasteiger partial charge in [0.25, 0.3) is 0 Å². The van der Waals surface area contributed by atoms with Crippen molar-refractivity contribution in [3.8, 4) is 0 Å². The Balaban J connectivity index is 1.81. The molecule has 1 aromatic heterocycles. The first-order valence-corrected chi connectivity index (χ1v) is 7.63. The van der Waals surface area contributed by atoms with Gasteiger partial charge in [0.1, 0.15) is 18.0 Å². The monoisotopic (exact) mass is 309 g/mol. The van der Waals surface area contributed by atoms with Gasteiger partial charge in [-0.2, -0.15) is 0 Å². The lowest BCUT2D eigenvalue weighted by Crippen LogP contribution is -2.24. The van der Waals surface area contributed by atoms with E-state index in [1.165, 1.54) is 18.5 Å². The topological polar surface area (TPSA) is 49.2 Å². The molecular formula is C18H16FN3O. The molecule has 0 fully saturated rings. The van der Waals surface area contributed by atoms with Crippen LogP contribution in [0.4, 0.5) is 10.2 Å². The van der Waals surface area contributed by atoms with Crippen LogP contribution in [0.2, 0.25) is 0 Å². The van der Waals surface area contributed by atoms with Crippen LogP contribution < -0.4 is 4.90 Å². The average Bonchev–Trinajstić information content (AvgIpc) is 2.74. The van der Waals surface area contributed by atoms with Crippen LogP contribution in [0.3, 0.4) is 0 Å². The van der Waals surface area contributed by atoms with E-state index in [0.29, 0.717) is 30.7 Å². The van der Waals surface area contributed by atoms with Crippen LogP contribution in [0.25, 0.3) is 10.9 Å². The lowest BCUT2D eigenvalue weighted by molar-refractivity contribution is 0.171. The third kappa shape index (κ3) is 2.53. The summed E-state index contributed by atoms with van der Waals surface area (Å²) in [4.78, 5) is 10.7. The third-order valence-electron chi connectivity index (χ3n) is 4.32. The van der Waals surface area contributed by atoms with Gasteiger partial charge in [-0.05, 0) is 35.7 Å². The van der Waals surface area contributed by atoms with E-state index in [1.807, 2.05) is 24.3 Å². The first-order chi connectivity index (χ1) is 11.2. The highest BCUT2D eigenvalue weighted by atomic mass is 19.1. The van der Waals surface area contributed by atoms with E-state index in [4.69, 9.17) is 0 Å². The second-order valence-electron chi connectivity index (χ2n) is 5.78. The molecule has 1 N–H and O–H groups in total. The van der Waals surface area contributed by atoms with E-state index in [2.05, 4.69) is 14.9 Å². The van der Waals surface area contributed by atoms with Crippen molar-refractivity contribution in [1.82, 2.24) is 9.97 Å². The molecule has 0 radical (unpaired) electrons. The van der Waals surface area contributed by atoms with Crippen LogP contribution >= 0.6 is 0 Å². The van der Waals surface area contributed by atoms with Crippen molar-refractivity contribution in [2.45, 2.75) is 19.1 Å². The average molecular weight is 309 g/mol. The van der Waals surface area contributed by atoms with Gasteiger partial charge in [0.05, 0.1) is 11.6 Å². The molecule has 0 saturated heterocycles. The van der Waals surface area contributed by atoms with E-state index >= 15 is 0 Å². The first-order valence-electron chi connectivity index (χ1n) is 7.63. The lowest BCUT2D eigenvalue weighted by atomic mass is 10.0. The molecule has 0 aliphatic carbocycles. The Hall–Kier alpha value is -2.53. The molecule has 1 aliphatic rings. The zero-order valence-electron chi connectivity index (χ0n) is 12.5. The summed E-state index contributed by atoms with van der Waals surface area (Å²) in [6, 6.07) is 12.4. The van der Waals surface area contributed by atoms with Gasteiger partial charge >= 0.3 is 0 Å². The smallest absolute Gasteiger partial charge is 0.140 e. The van der Waals surface area contributed by atoms with Crippen LogP contribution in [0.5, 0.6) is 0 Å². The van der Waals surface area contributed by atoms with Crippen molar-refractivity contribution in [3.05, 3.63) is 65.7 Å². The fourth-order valence-corrected chi connectivity index (χ4v) is 3.17. The SMILES string of the molecule is O[C@@H]1CCN(c2ncnc3ccc(F)cc23)Cc2ccccc21. The molecule has 4 rings (SSSR count). The van der Waals surface area contributed by atoms with Crippen molar-refractivity contribution in [2.24, 2.45) is 0 Å². The molecule has 1 aliphatic heterocycles. The zero-order valence-corrected chi connectivity index (χ0v) is 12.5. The Labute approximate surface area is 133 Å². The quantitative estimate of drug-likeness (QED) is 0.750. The number of rotatable bonds is 1. The third-order valence-corrected chi connectivity index (χ3v) is 4.32. The first kappa shape index (κ1) is 14.1. The van der Waals surface area contributed by atoms with Gasteiger partial charge in [-0.15, -0.1) is 0 Å². The maximum atomic E-state index is 13.7. The van der Waals surface area contributed by atoms with Crippen LogP contribution in [0.15, 0.2) is 48.8 Å². The molecule has 0 bridgehead atoms. The number of fused-ring (bicyclic) bond motifs is 2. The number of benzene rings is 2. The molecule has 1 atom stereocenters. The maximum Gasteiger partial charge on any atom is 0.140 e. The molecule has 0 amide bonds. The van der Waals surface area contributed by atoms with Crippen molar-refractivity contribution in [3.63, 3.8) is 0 Å². The summed E-state index contributed by atoms with van der Waals surface area (Å²) in [5.74, 6) is 0.405. The molecule has 0 saturated carbocycles. The van der Waals surface area contributed by atoms with Gasteiger partial charge in [0, 0.05) is 18.5 Å². The number of aliphatic hydroxyl groups is 1. The van der Waals surface area contributed by atoms with Gasteiger partial charge in [0.15, 0.2) is 0 Å². The summed E-state index contributed by atoms with van der Waals surface area (Å²) >= 11 is 0. The van der Waals surface area contributed by atoms with Crippen LogP contribution in [-0.4, -0.2) is 21.6 Å². The second-order valence-corrected chi connectivity index (χ2v) is 5.78. The van der Waals surface area contributed by atoms with Crippen molar-refractivity contribution in [2.75, 3.05) is 11.4 Å². The minimum absolute atomic E-state index is 0.302. The molecule has 2 aromatic carbocycles.